The van der Waals surface area contributed by atoms with Gasteiger partial charge in [0.15, 0.2) is 0 Å². The van der Waals surface area contributed by atoms with E-state index in [2.05, 4.69) is 10.1 Å². The molecule has 0 fully saturated rings. The molecule has 0 radical (unpaired) electrons. The minimum atomic E-state index is -1.32. The van der Waals surface area contributed by atoms with E-state index in [4.69, 9.17) is 10.8 Å². The van der Waals surface area contributed by atoms with E-state index in [0.29, 0.717) is 0 Å². The number of carboxylic acids is 1. The molecule has 0 aromatic heterocycles. The van der Waals surface area contributed by atoms with E-state index in [1.54, 1.807) is 0 Å². The van der Waals surface area contributed by atoms with Crippen molar-refractivity contribution >= 4 is 18.1 Å². The summed E-state index contributed by atoms with van der Waals surface area (Å²) in [6.07, 6.45) is -0.932. The second-order valence-corrected chi connectivity index (χ2v) is 3.82. The maximum atomic E-state index is 11.5. The molecular weight excluding hydrogens is 230 g/mol. The van der Waals surface area contributed by atoms with Crippen molar-refractivity contribution in [1.82, 2.24) is 10.2 Å². The van der Waals surface area contributed by atoms with Gasteiger partial charge in [0.1, 0.15) is 12.1 Å². The molecule has 0 aliphatic rings. The lowest BCUT2D eigenvalue weighted by molar-refractivity contribution is -0.146. The molecule has 8 nitrogen and oxygen atoms in total. The predicted octanol–water partition coefficient (Wildman–Crippen LogP) is -0.414. The zero-order valence-electron chi connectivity index (χ0n) is 10.0. The fourth-order valence-corrected chi connectivity index (χ4v) is 0.826. The number of nitrogens with one attached hydrogen (secondary N) is 1. The van der Waals surface area contributed by atoms with E-state index in [0.717, 1.165) is 4.90 Å². The van der Waals surface area contributed by atoms with Crippen LogP contribution in [0.25, 0.3) is 0 Å². The van der Waals surface area contributed by atoms with Crippen molar-refractivity contribution in [3.63, 3.8) is 0 Å². The summed E-state index contributed by atoms with van der Waals surface area (Å²) in [5.41, 5.74) is 3.39. The van der Waals surface area contributed by atoms with Crippen LogP contribution < -0.4 is 11.1 Å². The fraction of sp³-hybridized carbons (Fsp3) is 0.667. The molecule has 0 heterocycles. The maximum absolute atomic E-state index is 11.5. The van der Waals surface area contributed by atoms with Crippen LogP contribution >= 0.6 is 0 Å². The number of hydrogen-bond donors (Lipinski definition) is 3. The van der Waals surface area contributed by atoms with E-state index >= 15 is 0 Å². The van der Waals surface area contributed by atoms with Crippen LogP contribution in [0.1, 0.15) is 13.8 Å². The van der Waals surface area contributed by atoms with E-state index in [1.165, 1.54) is 20.9 Å². The summed E-state index contributed by atoms with van der Waals surface area (Å²) in [7, 11) is 1.36. The van der Waals surface area contributed by atoms with Gasteiger partial charge in [-0.15, -0.1) is 0 Å². The molecule has 0 bridgehead atoms. The van der Waals surface area contributed by atoms with Gasteiger partial charge >= 0.3 is 18.1 Å². The molecule has 0 atom stereocenters. The smallest absolute Gasteiger partial charge is 0.404 e. The molecule has 0 unspecified atom stereocenters. The Kier molecular flexibility index (Phi) is 5.23. The summed E-state index contributed by atoms with van der Waals surface area (Å²) >= 11 is 0. The van der Waals surface area contributed by atoms with Gasteiger partial charge in [-0.05, 0) is 13.8 Å². The van der Waals surface area contributed by atoms with E-state index < -0.39 is 23.6 Å². The number of carbonyl (C=O) groups is 3. The second-order valence-electron chi connectivity index (χ2n) is 3.82. The Morgan fingerprint density at radius 3 is 2.35 bits per heavy atom. The highest BCUT2D eigenvalue weighted by Crippen LogP contribution is 2.11. The molecule has 0 aliphatic heterocycles. The summed E-state index contributed by atoms with van der Waals surface area (Å²) in [5, 5.41) is 11.3. The molecule has 0 spiro atoms. The first-order chi connectivity index (χ1) is 7.69. The Labute approximate surface area is 98.7 Å². The third-order valence-electron chi connectivity index (χ3n) is 2.29. The fourth-order valence-electron chi connectivity index (χ4n) is 0.826. The normalized spacial score (nSPS) is 10.5. The number of nitrogens with two attached hydrogens (primary N) is 1. The highest BCUT2D eigenvalue weighted by Gasteiger charge is 2.35. The van der Waals surface area contributed by atoms with Crippen molar-refractivity contribution in [2.45, 2.75) is 19.4 Å². The number of rotatable bonds is 5. The SMILES string of the molecule is CN(C(=O)NCCOC(N)=O)C(C)(C)C(=O)O. The topological polar surface area (TPSA) is 122 Å². The van der Waals surface area contributed by atoms with Crippen LogP contribution in [0.2, 0.25) is 0 Å². The Bertz CT molecular complexity index is 316. The number of carboxylic acid groups (broad SMARTS) is 1. The number of primary amides is 1. The summed E-state index contributed by atoms with van der Waals surface area (Å²) in [5.74, 6) is -1.12. The molecule has 3 amide bonds. The Morgan fingerprint density at radius 1 is 1.41 bits per heavy atom. The molecular formula is C9H17N3O5. The van der Waals surface area contributed by atoms with E-state index in [9.17, 15) is 14.4 Å². The summed E-state index contributed by atoms with van der Waals surface area (Å²) < 4.78 is 4.39. The first-order valence-corrected chi connectivity index (χ1v) is 4.87. The average molecular weight is 247 g/mol. The minimum absolute atomic E-state index is 0.0574. The number of likely N-dealkylation sites (N-methyl/N-ethyl adjacent to an activating group) is 1. The van der Waals surface area contributed by atoms with Gasteiger partial charge < -0.3 is 25.8 Å². The first-order valence-electron chi connectivity index (χ1n) is 4.87. The Balaban J connectivity index is 4.15. The Morgan fingerprint density at radius 2 is 1.94 bits per heavy atom. The number of aliphatic carboxylic acids is 1. The van der Waals surface area contributed by atoms with Crippen LogP contribution in [0.5, 0.6) is 0 Å². The van der Waals surface area contributed by atoms with Crippen molar-refractivity contribution in [3.05, 3.63) is 0 Å². The number of carbonyl (C=O) groups excluding carboxylic acids is 2. The quantitative estimate of drug-likeness (QED) is 0.570. The Hall–Kier alpha value is -1.99. The van der Waals surface area contributed by atoms with Gasteiger partial charge in [0.2, 0.25) is 0 Å². The monoisotopic (exact) mass is 247 g/mol. The van der Waals surface area contributed by atoms with Crippen LogP contribution in [0.3, 0.4) is 0 Å². The third-order valence-corrected chi connectivity index (χ3v) is 2.29. The second kappa shape index (κ2) is 5.92. The van der Waals surface area contributed by atoms with Gasteiger partial charge in [0.05, 0.1) is 6.54 Å². The highest BCUT2D eigenvalue weighted by atomic mass is 16.5. The van der Waals surface area contributed by atoms with Crippen molar-refractivity contribution in [2.24, 2.45) is 5.73 Å². The van der Waals surface area contributed by atoms with Crippen LogP contribution in [0.4, 0.5) is 9.59 Å². The number of hydrogen-bond acceptors (Lipinski definition) is 4. The van der Waals surface area contributed by atoms with Gasteiger partial charge in [-0.1, -0.05) is 0 Å². The summed E-state index contributed by atoms with van der Waals surface area (Å²) in [6, 6.07) is -0.578. The predicted molar refractivity (Wildman–Crippen MR) is 58.4 cm³/mol. The molecule has 0 aliphatic carbocycles. The van der Waals surface area contributed by atoms with Crippen molar-refractivity contribution in [1.29, 1.82) is 0 Å². The molecule has 0 aromatic rings. The maximum Gasteiger partial charge on any atom is 0.404 e. The largest absolute Gasteiger partial charge is 0.480 e. The van der Waals surface area contributed by atoms with E-state index in [1.807, 2.05) is 0 Å². The zero-order valence-corrected chi connectivity index (χ0v) is 10.0. The van der Waals surface area contributed by atoms with Crippen molar-refractivity contribution < 1.29 is 24.2 Å². The lowest BCUT2D eigenvalue weighted by atomic mass is 10.1. The molecule has 0 saturated heterocycles. The highest BCUT2D eigenvalue weighted by molar-refractivity contribution is 5.85. The third kappa shape index (κ3) is 4.58. The number of urea groups is 1. The van der Waals surface area contributed by atoms with Crippen LogP contribution in [0.15, 0.2) is 0 Å². The molecule has 4 N–H and O–H groups in total. The standard InChI is InChI=1S/C9H17N3O5/c1-9(2,6(13)14)12(3)8(16)11-4-5-17-7(10)15/h4-5H2,1-3H3,(H2,10,15)(H,11,16)(H,13,14). The van der Waals surface area contributed by atoms with E-state index in [-0.39, 0.29) is 13.2 Å². The van der Waals surface area contributed by atoms with Gasteiger partial charge in [0.25, 0.3) is 0 Å². The van der Waals surface area contributed by atoms with Crippen LogP contribution in [-0.2, 0) is 9.53 Å². The number of nitrogens with zero attached hydrogens (tertiary/aromatic N) is 1. The van der Waals surface area contributed by atoms with Crippen LogP contribution in [-0.4, -0.2) is 53.8 Å². The summed E-state index contributed by atoms with van der Waals surface area (Å²) in [6.45, 7) is 2.79. The van der Waals surface area contributed by atoms with Gasteiger partial charge in [0, 0.05) is 7.05 Å². The molecule has 0 aromatic carbocycles. The molecule has 98 valence electrons. The van der Waals surface area contributed by atoms with Gasteiger partial charge in [-0.2, -0.15) is 0 Å². The van der Waals surface area contributed by atoms with Gasteiger partial charge in [-0.3, -0.25) is 0 Å². The average Bonchev–Trinajstić information content (AvgIpc) is 2.22. The number of ether oxygens (including phenoxy) is 1. The zero-order chi connectivity index (χ0) is 13.6. The molecule has 17 heavy (non-hydrogen) atoms. The molecule has 0 saturated carbocycles. The van der Waals surface area contributed by atoms with Crippen molar-refractivity contribution in [2.75, 3.05) is 20.2 Å². The van der Waals surface area contributed by atoms with Crippen LogP contribution in [0, 0.1) is 0 Å². The lowest BCUT2D eigenvalue weighted by Gasteiger charge is -2.31. The summed E-state index contributed by atoms with van der Waals surface area (Å²) in [4.78, 5) is 33.7. The molecule has 8 heteroatoms. The minimum Gasteiger partial charge on any atom is -0.480 e. The van der Waals surface area contributed by atoms with Crippen molar-refractivity contribution in [3.8, 4) is 0 Å². The lowest BCUT2D eigenvalue weighted by Crippen LogP contribution is -2.54. The first kappa shape index (κ1) is 15.0. The molecule has 0 rings (SSSR count). The van der Waals surface area contributed by atoms with Gasteiger partial charge in [-0.25, -0.2) is 14.4 Å². The number of amides is 3.